The van der Waals surface area contributed by atoms with E-state index in [0.29, 0.717) is 11.4 Å². The Hall–Kier alpha value is -2.72. The van der Waals surface area contributed by atoms with Crippen molar-refractivity contribution in [3.8, 4) is 0 Å². The number of amides is 1. The van der Waals surface area contributed by atoms with Crippen LogP contribution in [0.25, 0.3) is 11.0 Å². The predicted octanol–water partition coefficient (Wildman–Crippen LogP) is 2.55. The Bertz CT molecular complexity index is 1250. The summed E-state index contributed by atoms with van der Waals surface area (Å²) in [5.74, 6) is 1.02. The second-order valence-corrected chi connectivity index (χ2v) is 11.0. The summed E-state index contributed by atoms with van der Waals surface area (Å²) in [4.78, 5) is 16.7. The molecule has 0 unspecified atom stereocenters. The lowest BCUT2D eigenvalue weighted by Crippen LogP contribution is -2.25. The maximum absolute atomic E-state index is 13.1. The molecule has 1 amide bonds. The van der Waals surface area contributed by atoms with Gasteiger partial charge in [0, 0.05) is 32.2 Å². The lowest BCUT2D eigenvalue weighted by atomic mass is 9.94. The Balaban J connectivity index is 1.75. The molecule has 0 radical (unpaired) electrons. The molecule has 1 fully saturated rings. The molecule has 0 spiro atoms. The fourth-order valence-corrected chi connectivity index (χ4v) is 5.16. The lowest BCUT2D eigenvalue weighted by Gasteiger charge is -2.26. The van der Waals surface area contributed by atoms with Crippen LogP contribution in [0.4, 0.5) is 0 Å². The standard InChI is InChI=1S/C22H29N5O4S/c1-22(2,3)21-25-18-11-17(32(29,30)27-14-16(12-24-27)20(28)23-4)5-6-19(18)26(21)13-15-7-9-31-10-8-15/h5-6,11-12,14-15H,7-10,13H2,1-4H3,(H,23,28). The average Bonchev–Trinajstić information content (AvgIpc) is 3.39. The average molecular weight is 460 g/mol. The molecule has 0 atom stereocenters. The number of carbonyl (C=O) groups excluding carboxylic acids is 1. The Labute approximate surface area is 187 Å². The molecule has 2 aromatic heterocycles. The molecule has 1 N–H and O–H groups in total. The highest BCUT2D eigenvalue weighted by Crippen LogP contribution is 2.30. The molecule has 0 saturated carbocycles. The van der Waals surface area contributed by atoms with Gasteiger partial charge in [-0.05, 0) is 37.0 Å². The van der Waals surface area contributed by atoms with Crippen molar-refractivity contribution in [1.29, 1.82) is 0 Å². The first kappa shape index (κ1) is 22.5. The Morgan fingerprint density at radius 2 is 1.97 bits per heavy atom. The predicted molar refractivity (Wildman–Crippen MR) is 120 cm³/mol. The van der Waals surface area contributed by atoms with Crippen LogP contribution in [-0.4, -0.2) is 53.3 Å². The summed E-state index contributed by atoms with van der Waals surface area (Å²) < 4.78 is 34.8. The van der Waals surface area contributed by atoms with E-state index < -0.39 is 15.9 Å². The molecule has 4 rings (SSSR count). The maximum atomic E-state index is 13.1. The highest BCUT2D eigenvalue weighted by molar-refractivity contribution is 7.89. The van der Waals surface area contributed by atoms with Crippen molar-refractivity contribution in [3.63, 3.8) is 0 Å². The summed E-state index contributed by atoms with van der Waals surface area (Å²) in [5.41, 5.74) is 1.51. The SMILES string of the molecule is CNC(=O)c1cnn(S(=O)(=O)c2ccc3c(c2)nc(C(C)(C)C)n3CC2CCOCC2)c1. The summed E-state index contributed by atoms with van der Waals surface area (Å²) in [5, 5.41) is 6.34. The van der Waals surface area contributed by atoms with Crippen LogP contribution in [-0.2, 0) is 26.7 Å². The van der Waals surface area contributed by atoms with Gasteiger partial charge in [-0.25, -0.2) is 4.98 Å². The van der Waals surface area contributed by atoms with Crippen molar-refractivity contribution < 1.29 is 17.9 Å². The molecular weight excluding hydrogens is 430 g/mol. The smallest absolute Gasteiger partial charge is 0.283 e. The molecule has 32 heavy (non-hydrogen) atoms. The number of imidazole rings is 1. The minimum Gasteiger partial charge on any atom is -0.381 e. The second kappa shape index (κ2) is 8.32. The van der Waals surface area contributed by atoms with Gasteiger partial charge in [0.15, 0.2) is 0 Å². The van der Waals surface area contributed by atoms with Crippen LogP contribution in [0.1, 0.15) is 49.8 Å². The van der Waals surface area contributed by atoms with Crippen LogP contribution < -0.4 is 5.32 Å². The van der Waals surface area contributed by atoms with E-state index in [4.69, 9.17) is 9.72 Å². The normalized spacial score (nSPS) is 15.9. The molecule has 0 bridgehead atoms. The van der Waals surface area contributed by atoms with Gasteiger partial charge in [-0.2, -0.15) is 17.6 Å². The highest BCUT2D eigenvalue weighted by atomic mass is 32.2. The van der Waals surface area contributed by atoms with Gasteiger partial charge >= 0.3 is 0 Å². The van der Waals surface area contributed by atoms with Gasteiger partial charge in [-0.1, -0.05) is 20.8 Å². The Kier molecular flexibility index (Phi) is 5.85. The quantitative estimate of drug-likeness (QED) is 0.628. The molecule has 1 aliphatic rings. The molecule has 3 aromatic rings. The van der Waals surface area contributed by atoms with Crippen molar-refractivity contribution in [2.24, 2.45) is 5.92 Å². The van der Waals surface area contributed by atoms with E-state index in [-0.39, 0.29) is 15.9 Å². The van der Waals surface area contributed by atoms with Crippen LogP contribution in [0.2, 0.25) is 0 Å². The van der Waals surface area contributed by atoms with Gasteiger partial charge in [0.1, 0.15) is 5.82 Å². The largest absolute Gasteiger partial charge is 0.381 e. The summed E-state index contributed by atoms with van der Waals surface area (Å²) in [6, 6.07) is 4.97. The van der Waals surface area contributed by atoms with Crippen LogP contribution >= 0.6 is 0 Å². The first-order valence-electron chi connectivity index (χ1n) is 10.7. The fourth-order valence-electron chi connectivity index (χ4n) is 4.02. The first-order valence-corrected chi connectivity index (χ1v) is 12.2. The number of fused-ring (bicyclic) bond motifs is 1. The number of rotatable bonds is 5. The van der Waals surface area contributed by atoms with E-state index in [1.54, 1.807) is 12.1 Å². The number of carbonyl (C=O) groups is 1. The number of benzene rings is 1. The van der Waals surface area contributed by atoms with Crippen LogP contribution in [0.3, 0.4) is 0 Å². The van der Waals surface area contributed by atoms with E-state index in [2.05, 4.69) is 35.8 Å². The third kappa shape index (κ3) is 4.16. The number of hydrogen-bond acceptors (Lipinski definition) is 6. The second-order valence-electron chi connectivity index (χ2n) is 9.19. The van der Waals surface area contributed by atoms with Crippen LogP contribution in [0.15, 0.2) is 35.5 Å². The topological polar surface area (TPSA) is 108 Å². The third-order valence-electron chi connectivity index (χ3n) is 5.77. The van der Waals surface area contributed by atoms with Crippen molar-refractivity contribution in [2.75, 3.05) is 20.3 Å². The minimum absolute atomic E-state index is 0.0766. The van der Waals surface area contributed by atoms with Crippen molar-refractivity contribution in [2.45, 2.75) is 50.5 Å². The van der Waals surface area contributed by atoms with Gasteiger partial charge in [0.25, 0.3) is 15.9 Å². The molecular formula is C22H29N5O4S. The molecule has 172 valence electrons. The number of aromatic nitrogens is 4. The van der Waals surface area contributed by atoms with E-state index in [9.17, 15) is 13.2 Å². The molecule has 1 aromatic carbocycles. The zero-order valence-corrected chi connectivity index (χ0v) is 19.6. The molecule has 3 heterocycles. The van der Waals surface area contributed by atoms with E-state index in [0.717, 1.165) is 48.0 Å². The van der Waals surface area contributed by atoms with Crippen molar-refractivity contribution in [1.82, 2.24) is 24.1 Å². The summed E-state index contributed by atoms with van der Waals surface area (Å²) >= 11 is 0. The molecule has 0 aliphatic carbocycles. The fraction of sp³-hybridized carbons (Fsp3) is 0.500. The van der Waals surface area contributed by atoms with Gasteiger partial charge in [0.05, 0.1) is 33.9 Å². The number of nitrogens with one attached hydrogen (secondary N) is 1. The van der Waals surface area contributed by atoms with E-state index in [1.165, 1.54) is 19.4 Å². The number of nitrogens with zero attached hydrogens (tertiary/aromatic N) is 4. The summed E-state index contributed by atoms with van der Waals surface area (Å²) in [7, 11) is -2.48. The lowest BCUT2D eigenvalue weighted by molar-refractivity contribution is 0.0611. The highest BCUT2D eigenvalue weighted by Gasteiger charge is 2.27. The number of ether oxygens (including phenoxy) is 1. The molecule has 1 saturated heterocycles. The van der Waals surface area contributed by atoms with Crippen LogP contribution in [0, 0.1) is 5.92 Å². The van der Waals surface area contributed by atoms with E-state index >= 15 is 0 Å². The van der Waals surface area contributed by atoms with Gasteiger partial charge < -0.3 is 14.6 Å². The van der Waals surface area contributed by atoms with Gasteiger partial charge in [-0.15, -0.1) is 0 Å². The van der Waals surface area contributed by atoms with Crippen molar-refractivity contribution >= 4 is 27.0 Å². The maximum Gasteiger partial charge on any atom is 0.283 e. The van der Waals surface area contributed by atoms with Crippen molar-refractivity contribution in [3.05, 3.63) is 42.0 Å². The summed E-state index contributed by atoms with van der Waals surface area (Å²) in [6.45, 7) is 8.69. The summed E-state index contributed by atoms with van der Waals surface area (Å²) in [6.07, 6.45) is 4.45. The first-order chi connectivity index (χ1) is 15.1. The van der Waals surface area contributed by atoms with Gasteiger partial charge in [0.2, 0.25) is 0 Å². The minimum atomic E-state index is -3.96. The Morgan fingerprint density at radius 3 is 2.62 bits per heavy atom. The number of hydrogen-bond donors (Lipinski definition) is 1. The van der Waals surface area contributed by atoms with Crippen LogP contribution in [0.5, 0.6) is 0 Å². The molecule has 9 nitrogen and oxygen atoms in total. The molecule has 10 heteroatoms. The Morgan fingerprint density at radius 1 is 1.25 bits per heavy atom. The van der Waals surface area contributed by atoms with Gasteiger partial charge in [-0.3, -0.25) is 4.79 Å². The zero-order chi connectivity index (χ0) is 23.1. The zero-order valence-electron chi connectivity index (χ0n) is 18.8. The van der Waals surface area contributed by atoms with E-state index in [1.807, 2.05) is 6.07 Å². The third-order valence-corrected chi connectivity index (χ3v) is 7.31. The monoisotopic (exact) mass is 459 g/mol. The molecule has 1 aliphatic heterocycles.